The molecular formula is C17H28N2OS. The Hall–Kier alpha value is -0.870. The maximum Gasteiger partial charge on any atom is 0.230 e. The van der Waals surface area contributed by atoms with Crippen molar-refractivity contribution in [2.45, 2.75) is 63.8 Å². The van der Waals surface area contributed by atoms with Gasteiger partial charge in [0, 0.05) is 24.0 Å². The molecule has 21 heavy (non-hydrogen) atoms. The van der Waals surface area contributed by atoms with Gasteiger partial charge in [0.25, 0.3) is 0 Å². The van der Waals surface area contributed by atoms with Crippen molar-refractivity contribution in [3.05, 3.63) is 22.4 Å². The molecule has 1 aliphatic carbocycles. The van der Waals surface area contributed by atoms with E-state index in [1.54, 1.807) is 11.3 Å². The highest BCUT2D eigenvalue weighted by Gasteiger charge is 2.30. The highest BCUT2D eigenvalue weighted by atomic mass is 32.1. The van der Waals surface area contributed by atoms with E-state index < -0.39 is 5.41 Å². The van der Waals surface area contributed by atoms with Crippen LogP contribution in [-0.4, -0.2) is 25.0 Å². The maximum atomic E-state index is 12.3. The molecule has 2 N–H and O–H groups in total. The molecule has 0 bridgehead atoms. The quantitative estimate of drug-likeness (QED) is 0.624. The van der Waals surface area contributed by atoms with Gasteiger partial charge in [-0.15, -0.1) is 11.3 Å². The standard InChI is InChI=1S/C17H28N2OS/c1-17(2,15-10-7-13-21-15)16(20)19-12-11-18-14-8-5-3-4-6-9-14/h7,10,13-14,18H,3-6,8-9,11-12H2,1-2H3,(H,19,20). The van der Waals surface area contributed by atoms with Gasteiger partial charge in [-0.3, -0.25) is 4.79 Å². The van der Waals surface area contributed by atoms with Gasteiger partial charge >= 0.3 is 0 Å². The average Bonchev–Trinajstić information content (AvgIpc) is 2.89. The summed E-state index contributed by atoms with van der Waals surface area (Å²) in [4.78, 5) is 13.5. The van der Waals surface area contributed by atoms with Crippen molar-refractivity contribution in [2.24, 2.45) is 0 Å². The van der Waals surface area contributed by atoms with Crippen LogP contribution in [0.2, 0.25) is 0 Å². The van der Waals surface area contributed by atoms with Crippen molar-refractivity contribution < 1.29 is 4.79 Å². The molecule has 1 heterocycles. The molecule has 1 fully saturated rings. The molecule has 0 atom stereocenters. The molecule has 4 heteroatoms. The second-order valence-electron chi connectivity index (χ2n) is 6.50. The van der Waals surface area contributed by atoms with Gasteiger partial charge < -0.3 is 10.6 Å². The zero-order chi connectivity index (χ0) is 15.1. The minimum Gasteiger partial charge on any atom is -0.354 e. The molecule has 0 unspecified atom stereocenters. The second kappa shape index (κ2) is 7.95. The van der Waals surface area contributed by atoms with E-state index >= 15 is 0 Å². The molecule has 2 rings (SSSR count). The molecule has 0 aromatic carbocycles. The first-order valence-electron chi connectivity index (χ1n) is 8.16. The Labute approximate surface area is 132 Å². The van der Waals surface area contributed by atoms with E-state index in [0.717, 1.165) is 11.4 Å². The van der Waals surface area contributed by atoms with Crippen molar-refractivity contribution >= 4 is 17.2 Å². The number of hydrogen-bond acceptors (Lipinski definition) is 3. The van der Waals surface area contributed by atoms with Gasteiger partial charge in [-0.1, -0.05) is 31.7 Å². The first kappa shape index (κ1) is 16.5. The third-order valence-corrected chi connectivity index (χ3v) is 5.60. The van der Waals surface area contributed by atoms with Gasteiger partial charge in [-0.2, -0.15) is 0 Å². The third-order valence-electron chi connectivity index (χ3n) is 4.40. The van der Waals surface area contributed by atoms with Crippen LogP contribution in [0, 0.1) is 0 Å². The Balaban J connectivity index is 1.69. The number of carbonyl (C=O) groups excluding carboxylic acids is 1. The number of hydrogen-bond donors (Lipinski definition) is 2. The highest BCUT2D eigenvalue weighted by Crippen LogP contribution is 2.27. The Morgan fingerprint density at radius 2 is 1.95 bits per heavy atom. The predicted octanol–water partition coefficient (Wildman–Crippen LogP) is 3.45. The number of amides is 1. The van der Waals surface area contributed by atoms with E-state index in [9.17, 15) is 4.79 Å². The molecule has 0 spiro atoms. The summed E-state index contributed by atoms with van der Waals surface area (Å²) in [6.07, 6.45) is 8.02. The Bertz CT molecular complexity index is 420. The summed E-state index contributed by atoms with van der Waals surface area (Å²) in [6.45, 7) is 5.57. The van der Waals surface area contributed by atoms with Gasteiger partial charge in [-0.25, -0.2) is 0 Å². The number of nitrogens with one attached hydrogen (secondary N) is 2. The topological polar surface area (TPSA) is 41.1 Å². The Morgan fingerprint density at radius 1 is 1.24 bits per heavy atom. The number of thiophene rings is 1. The third kappa shape index (κ3) is 4.82. The van der Waals surface area contributed by atoms with Crippen LogP contribution in [0.3, 0.4) is 0 Å². The van der Waals surface area contributed by atoms with Crippen LogP contribution in [0.25, 0.3) is 0 Å². The van der Waals surface area contributed by atoms with E-state index in [0.29, 0.717) is 12.6 Å². The first-order chi connectivity index (χ1) is 10.1. The molecule has 0 radical (unpaired) electrons. The lowest BCUT2D eigenvalue weighted by molar-refractivity contribution is -0.125. The molecule has 1 aliphatic rings. The van der Waals surface area contributed by atoms with Crippen LogP contribution in [0.4, 0.5) is 0 Å². The van der Waals surface area contributed by atoms with Crippen molar-refractivity contribution in [2.75, 3.05) is 13.1 Å². The summed E-state index contributed by atoms with van der Waals surface area (Å²) in [5.74, 6) is 0.118. The van der Waals surface area contributed by atoms with E-state index in [1.807, 2.05) is 31.4 Å². The molecule has 1 saturated carbocycles. The van der Waals surface area contributed by atoms with E-state index in [-0.39, 0.29) is 5.91 Å². The van der Waals surface area contributed by atoms with E-state index in [4.69, 9.17) is 0 Å². The smallest absolute Gasteiger partial charge is 0.230 e. The zero-order valence-corrected chi connectivity index (χ0v) is 14.1. The van der Waals surface area contributed by atoms with Crippen LogP contribution < -0.4 is 10.6 Å². The lowest BCUT2D eigenvalue weighted by Crippen LogP contribution is -2.43. The van der Waals surface area contributed by atoms with Crippen molar-refractivity contribution in [3.63, 3.8) is 0 Å². The molecule has 1 amide bonds. The Morgan fingerprint density at radius 3 is 2.57 bits per heavy atom. The lowest BCUT2D eigenvalue weighted by Gasteiger charge is -2.23. The molecule has 0 aliphatic heterocycles. The van der Waals surface area contributed by atoms with Crippen molar-refractivity contribution in [3.8, 4) is 0 Å². The van der Waals surface area contributed by atoms with Crippen LogP contribution in [0.5, 0.6) is 0 Å². The monoisotopic (exact) mass is 308 g/mol. The van der Waals surface area contributed by atoms with Gasteiger partial charge in [-0.05, 0) is 38.1 Å². The summed E-state index contributed by atoms with van der Waals surface area (Å²) >= 11 is 1.65. The van der Waals surface area contributed by atoms with E-state index in [1.165, 1.54) is 38.5 Å². The van der Waals surface area contributed by atoms with Gasteiger partial charge in [0.15, 0.2) is 0 Å². The lowest BCUT2D eigenvalue weighted by atomic mass is 9.90. The molecular weight excluding hydrogens is 280 g/mol. The number of rotatable bonds is 6. The molecule has 1 aromatic rings. The maximum absolute atomic E-state index is 12.3. The van der Waals surface area contributed by atoms with Crippen molar-refractivity contribution in [1.82, 2.24) is 10.6 Å². The predicted molar refractivity (Wildman–Crippen MR) is 89.8 cm³/mol. The van der Waals surface area contributed by atoms with Crippen LogP contribution in [0.15, 0.2) is 17.5 Å². The largest absolute Gasteiger partial charge is 0.354 e. The zero-order valence-electron chi connectivity index (χ0n) is 13.3. The number of carbonyl (C=O) groups is 1. The fourth-order valence-electron chi connectivity index (χ4n) is 2.90. The van der Waals surface area contributed by atoms with Crippen LogP contribution in [-0.2, 0) is 10.2 Å². The minimum absolute atomic E-state index is 0.118. The average molecular weight is 308 g/mol. The second-order valence-corrected chi connectivity index (χ2v) is 7.45. The van der Waals surface area contributed by atoms with E-state index in [2.05, 4.69) is 10.6 Å². The van der Waals surface area contributed by atoms with Crippen LogP contribution in [0.1, 0.15) is 57.2 Å². The SMILES string of the molecule is CC(C)(C(=O)NCCNC1CCCCCC1)c1cccs1. The van der Waals surface area contributed by atoms with Gasteiger partial charge in [0.2, 0.25) is 5.91 Å². The van der Waals surface area contributed by atoms with Gasteiger partial charge in [0.1, 0.15) is 0 Å². The molecule has 0 saturated heterocycles. The summed E-state index contributed by atoms with van der Waals surface area (Å²) < 4.78 is 0. The summed E-state index contributed by atoms with van der Waals surface area (Å²) in [5, 5.41) is 8.69. The minimum atomic E-state index is -0.434. The molecule has 118 valence electrons. The molecule has 1 aromatic heterocycles. The highest BCUT2D eigenvalue weighted by molar-refractivity contribution is 7.10. The summed E-state index contributed by atoms with van der Waals surface area (Å²) in [7, 11) is 0. The molecule has 3 nitrogen and oxygen atoms in total. The summed E-state index contributed by atoms with van der Waals surface area (Å²) in [6, 6.07) is 4.69. The Kier molecular flexibility index (Phi) is 6.24. The fraction of sp³-hybridized carbons (Fsp3) is 0.706. The summed E-state index contributed by atoms with van der Waals surface area (Å²) in [5.41, 5.74) is -0.434. The normalized spacial score (nSPS) is 17.4. The van der Waals surface area contributed by atoms with Crippen LogP contribution >= 0.6 is 11.3 Å². The van der Waals surface area contributed by atoms with Gasteiger partial charge in [0.05, 0.1) is 5.41 Å². The first-order valence-corrected chi connectivity index (χ1v) is 9.04. The fourth-order valence-corrected chi connectivity index (χ4v) is 3.75. The van der Waals surface area contributed by atoms with Crippen molar-refractivity contribution in [1.29, 1.82) is 0 Å².